The second-order valence-electron chi connectivity index (χ2n) is 10.1. The molecule has 246 valence electrons. The Morgan fingerprint density at radius 1 is 0.522 bits per heavy atom. The number of alkyl halides is 6. The molecule has 0 aliphatic rings. The topological polar surface area (TPSA) is 29.5 Å². The first kappa shape index (κ1) is 34.4. The summed E-state index contributed by atoms with van der Waals surface area (Å²) in [6, 6.07) is 2.89. The van der Waals surface area contributed by atoms with Crippen LogP contribution in [0, 0.1) is 46.5 Å². The molecule has 0 amide bonds. The van der Waals surface area contributed by atoms with Gasteiger partial charge in [-0.25, -0.2) is 26.3 Å². The zero-order valence-electron chi connectivity index (χ0n) is 22.8. The molecule has 4 aromatic rings. The molecule has 0 saturated carbocycles. The quantitative estimate of drug-likeness (QED) is 0.163. The van der Waals surface area contributed by atoms with Crippen molar-refractivity contribution in [1.29, 1.82) is 0 Å². The molecule has 1 N–H and O–H groups in total. The van der Waals surface area contributed by atoms with E-state index in [0.717, 1.165) is 13.8 Å². The Morgan fingerprint density at radius 3 is 1.22 bits per heavy atom. The molecular weight excluding hydrogens is 658 g/mol. The molecule has 0 bridgehead atoms. The van der Waals surface area contributed by atoms with E-state index < -0.39 is 115 Å². The largest absolute Gasteiger partial charge is 0.508 e. The highest BCUT2D eigenvalue weighted by molar-refractivity contribution is 5.69. The molecule has 0 aliphatic heterocycles. The van der Waals surface area contributed by atoms with Gasteiger partial charge in [0.15, 0.2) is 34.9 Å². The Kier molecular flexibility index (Phi) is 8.74. The second-order valence-corrected chi connectivity index (χ2v) is 10.1. The molecule has 0 radical (unpaired) electrons. The Balaban J connectivity index is 1.84. The zero-order valence-corrected chi connectivity index (χ0v) is 22.8. The second kappa shape index (κ2) is 11.7. The Hall–Kier alpha value is -4.50. The molecular formula is C30H16F14O2. The summed E-state index contributed by atoms with van der Waals surface area (Å²) in [4.78, 5) is 0. The van der Waals surface area contributed by atoms with E-state index in [2.05, 4.69) is 4.74 Å². The molecule has 4 rings (SSSR count). The van der Waals surface area contributed by atoms with Gasteiger partial charge in [-0.2, -0.15) is 35.1 Å². The molecule has 4 aromatic carbocycles. The summed E-state index contributed by atoms with van der Waals surface area (Å²) < 4.78 is 208. The Labute approximate surface area is 249 Å². The van der Waals surface area contributed by atoms with Crippen molar-refractivity contribution in [1.82, 2.24) is 0 Å². The van der Waals surface area contributed by atoms with Gasteiger partial charge in [-0.05, 0) is 41.3 Å². The first-order valence-corrected chi connectivity index (χ1v) is 12.6. The van der Waals surface area contributed by atoms with E-state index in [1.807, 2.05) is 0 Å². The fourth-order valence-electron chi connectivity index (χ4n) is 4.88. The molecule has 0 heterocycles. The predicted molar refractivity (Wildman–Crippen MR) is 133 cm³/mol. The van der Waals surface area contributed by atoms with E-state index in [0.29, 0.717) is 36.4 Å². The summed E-state index contributed by atoms with van der Waals surface area (Å²) in [7, 11) is 0. The first-order chi connectivity index (χ1) is 21.2. The summed E-state index contributed by atoms with van der Waals surface area (Å²) in [5, 5.41) is 9.36. The summed E-state index contributed by atoms with van der Waals surface area (Å²) in [6.07, 6.45) is -12.1. The van der Waals surface area contributed by atoms with Crippen LogP contribution in [-0.2, 0) is 5.41 Å². The molecule has 0 atom stereocenters. The van der Waals surface area contributed by atoms with Crippen LogP contribution in [0.3, 0.4) is 0 Å². The van der Waals surface area contributed by atoms with Crippen molar-refractivity contribution in [2.45, 2.75) is 37.5 Å². The van der Waals surface area contributed by atoms with Gasteiger partial charge >= 0.3 is 12.4 Å². The molecule has 16 heteroatoms. The first-order valence-electron chi connectivity index (χ1n) is 12.6. The van der Waals surface area contributed by atoms with E-state index in [1.165, 1.54) is 0 Å². The number of ether oxygens (including phenoxy) is 1. The van der Waals surface area contributed by atoms with Crippen LogP contribution in [-0.4, -0.2) is 17.5 Å². The van der Waals surface area contributed by atoms with Crippen molar-refractivity contribution in [3.63, 3.8) is 0 Å². The molecule has 0 saturated heterocycles. The number of benzene rings is 4. The number of phenols is 1. The van der Waals surface area contributed by atoms with Gasteiger partial charge in [0, 0.05) is 5.56 Å². The molecule has 46 heavy (non-hydrogen) atoms. The minimum Gasteiger partial charge on any atom is -0.508 e. The molecule has 0 spiro atoms. The number of rotatable bonds is 6. The standard InChI is InChI=1S/C30H16F14O2/c1-11(2)16-19(31)21(33)17(22(34)20(16)32)18-23(35)25(37)27(26(38)24(18)36)46-15-9-5-13(6-10-15)28(29(39,40)41,30(42,43)44)12-3-7-14(45)8-4-12/h3-11,45H,1-2H3. The van der Waals surface area contributed by atoms with Gasteiger partial charge in [-0.3, -0.25) is 0 Å². The lowest BCUT2D eigenvalue weighted by atomic mass is 9.73. The maximum absolute atomic E-state index is 15.0. The lowest BCUT2D eigenvalue weighted by molar-refractivity contribution is -0.288. The molecule has 2 nitrogen and oxygen atoms in total. The van der Waals surface area contributed by atoms with Crippen LogP contribution in [0.4, 0.5) is 61.5 Å². The van der Waals surface area contributed by atoms with E-state index in [4.69, 9.17) is 0 Å². The average molecular weight is 674 g/mol. The number of aromatic hydroxyl groups is 1. The summed E-state index contributed by atoms with van der Waals surface area (Å²) in [5.41, 5.74) is -13.1. The highest BCUT2D eigenvalue weighted by atomic mass is 19.4. The third kappa shape index (κ3) is 5.26. The summed E-state index contributed by atoms with van der Waals surface area (Å²) >= 11 is 0. The van der Waals surface area contributed by atoms with E-state index in [-0.39, 0.29) is 12.1 Å². The lowest BCUT2D eigenvalue weighted by Crippen LogP contribution is -2.54. The Morgan fingerprint density at radius 2 is 0.870 bits per heavy atom. The normalized spacial score (nSPS) is 12.6. The van der Waals surface area contributed by atoms with Crippen molar-refractivity contribution < 1.29 is 71.3 Å². The van der Waals surface area contributed by atoms with Crippen molar-refractivity contribution in [3.05, 3.63) is 112 Å². The van der Waals surface area contributed by atoms with Crippen LogP contribution in [0.2, 0.25) is 0 Å². The van der Waals surface area contributed by atoms with Crippen molar-refractivity contribution in [2.24, 2.45) is 0 Å². The fourth-order valence-corrected chi connectivity index (χ4v) is 4.88. The maximum atomic E-state index is 15.0. The molecule has 0 aliphatic carbocycles. The molecule has 0 unspecified atom stereocenters. The zero-order chi connectivity index (χ0) is 34.7. The predicted octanol–water partition coefficient (Wildman–Crippen LogP) is 10.5. The van der Waals surface area contributed by atoms with Crippen molar-refractivity contribution >= 4 is 0 Å². The van der Waals surface area contributed by atoms with Crippen LogP contribution < -0.4 is 4.74 Å². The third-order valence-corrected chi connectivity index (χ3v) is 7.01. The van der Waals surface area contributed by atoms with Gasteiger partial charge in [-0.1, -0.05) is 38.1 Å². The molecule has 0 fully saturated rings. The van der Waals surface area contributed by atoms with Gasteiger partial charge in [0.1, 0.15) is 11.5 Å². The van der Waals surface area contributed by atoms with Gasteiger partial charge < -0.3 is 9.84 Å². The van der Waals surface area contributed by atoms with Crippen LogP contribution in [0.5, 0.6) is 17.2 Å². The molecule has 0 aromatic heterocycles. The third-order valence-electron chi connectivity index (χ3n) is 7.01. The monoisotopic (exact) mass is 674 g/mol. The average Bonchev–Trinajstić information content (AvgIpc) is 2.95. The minimum atomic E-state index is -6.07. The summed E-state index contributed by atoms with van der Waals surface area (Å²) in [5.74, 6) is -24.1. The summed E-state index contributed by atoms with van der Waals surface area (Å²) in [6.45, 7) is 2.22. The van der Waals surface area contributed by atoms with Gasteiger partial charge in [0.2, 0.25) is 22.8 Å². The lowest BCUT2D eigenvalue weighted by Gasteiger charge is -2.38. The minimum absolute atomic E-state index is 0.187. The van der Waals surface area contributed by atoms with Crippen LogP contribution in [0.15, 0.2) is 48.5 Å². The maximum Gasteiger partial charge on any atom is 0.411 e. The number of phenolic OH excluding ortho intramolecular Hbond substituents is 1. The number of halogens is 14. The van der Waals surface area contributed by atoms with Gasteiger partial charge in [0.05, 0.1) is 11.1 Å². The van der Waals surface area contributed by atoms with Gasteiger partial charge in [-0.15, -0.1) is 0 Å². The Bertz CT molecular complexity index is 1720. The van der Waals surface area contributed by atoms with Crippen molar-refractivity contribution in [3.8, 4) is 28.4 Å². The number of hydrogen-bond donors (Lipinski definition) is 1. The smallest absolute Gasteiger partial charge is 0.411 e. The van der Waals surface area contributed by atoms with E-state index in [9.17, 15) is 66.6 Å². The van der Waals surface area contributed by atoms with Crippen LogP contribution in [0.1, 0.15) is 36.5 Å². The van der Waals surface area contributed by atoms with Crippen molar-refractivity contribution in [2.75, 3.05) is 0 Å². The number of hydrogen-bond acceptors (Lipinski definition) is 2. The van der Waals surface area contributed by atoms with E-state index >= 15 is 0 Å². The highest BCUT2D eigenvalue weighted by Crippen LogP contribution is 2.56. The van der Waals surface area contributed by atoms with E-state index in [1.54, 1.807) is 0 Å². The fraction of sp³-hybridized carbons (Fsp3) is 0.200. The highest BCUT2D eigenvalue weighted by Gasteiger charge is 2.72. The SMILES string of the molecule is CC(C)c1c(F)c(F)c(-c2c(F)c(F)c(Oc3ccc(C(c4ccc(O)cc4)(C(F)(F)F)C(F)(F)F)cc3)c(F)c2F)c(F)c1F. The van der Waals surface area contributed by atoms with Gasteiger partial charge in [0.25, 0.3) is 0 Å². The van der Waals surface area contributed by atoms with Crippen LogP contribution >= 0.6 is 0 Å². The van der Waals surface area contributed by atoms with Crippen LogP contribution in [0.25, 0.3) is 11.1 Å².